The Bertz CT molecular complexity index is 680. The summed E-state index contributed by atoms with van der Waals surface area (Å²) in [5.41, 5.74) is 5.09. The zero-order chi connectivity index (χ0) is 25.9. The fraction of sp³-hybridized carbons (Fsp3) is 0.697. The molecule has 0 bridgehead atoms. The zero-order valence-electron chi connectivity index (χ0n) is 23.7. The smallest absolute Gasteiger partial charge is 0.240 e. The van der Waals surface area contributed by atoms with Crippen LogP contribution in [0, 0.1) is 0 Å². The molecule has 3 heteroatoms. The number of allylic oxidation sites excluding steroid dienone is 1. The summed E-state index contributed by atoms with van der Waals surface area (Å²) in [6.07, 6.45) is 30.6. The monoisotopic (exact) mass is 496 g/mol. The largest absolute Gasteiger partial charge is 0.273 e. The summed E-state index contributed by atoms with van der Waals surface area (Å²) in [6.45, 7) is 4.52. The van der Waals surface area contributed by atoms with E-state index in [4.69, 9.17) is 0 Å². The van der Waals surface area contributed by atoms with Gasteiger partial charge in [-0.3, -0.25) is 4.79 Å². The lowest BCUT2D eigenvalue weighted by atomic mass is 10.0. The molecule has 0 unspecified atom stereocenters. The molecule has 1 amide bonds. The van der Waals surface area contributed by atoms with Gasteiger partial charge in [0.15, 0.2) is 0 Å². The van der Waals surface area contributed by atoms with E-state index in [9.17, 15) is 4.79 Å². The lowest BCUT2D eigenvalue weighted by molar-refractivity contribution is -0.121. The number of hydrazone groups is 1. The van der Waals surface area contributed by atoms with Gasteiger partial charge in [0.25, 0.3) is 0 Å². The first-order valence-electron chi connectivity index (χ1n) is 15.3. The molecule has 0 aliphatic rings. The Kier molecular flexibility index (Phi) is 22.1. The zero-order valence-corrected chi connectivity index (χ0v) is 23.7. The van der Waals surface area contributed by atoms with Gasteiger partial charge < -0.3 is 0 Å². The Labute approximate surface area is 223 Å². The number of hydrogen-bond donors (Lipinski definition) is 1. The van der Waals surface area contributed by atoms with Crippen LogP contribution in [0.5, 0.6) is 0 Å². The second-order valence-electron chi connectivity index (χ2n) is 10.4. The lowest BCUT2D eigenvalue weighted by Gasteiger charge is -2.04. The molecule has 1 N–H and O–H groups in total. The van der Waals surface area contributed by atoms with Crippen molar-refractivity contribution in [2.75, 3.05) is 0 Å². The molecule has 0 heterocycles. The summed E-state index contributed by atoms with van der Waals surface area (Å²) in [7, 11) is 0. The van der Waals surface area contributed by atoms with Gasteiger partial charge in [0.1, 0.15) is 0 Å². The molecule has 0 aliphatic carbocycles. The van der Waals surface area contributed by atoms with Crippen LogP contribution >= 0.6 is 0 Å². The highest BCUT2D eigenvalue weighted by molar-refractivity contribution is 5.86. The number of amides is 1. The molecule has 0 aliphatic heterocycles. The molecule has 1 rings (SSSR count). The van der Waals surface area contributed by atoms with Crippen molar-refractivity contribution < 1.29 is 4.79 Å². The second-order valence-corrected chi connectivity index (χ2v) is 10.4. The van der Waals surface area contributed by atoms with Crippen LogP contribution in [-0.4, -0.2) is 12.1 Å². The van der Waals surface area contributed by atoms with Crippen molar-refractivity contribution in [3.8, 4) is 0 Å². The topological polar surface area (TPSA) is 41.5 Å². The van der Waals surface area contributed by atoms with Crippen molar-refractivity contribution in [1.82, 2.24) is 5.43 Å². The van der Waals surface area contributed by atoms with Gasteiger partial charge in [-0.15, -0.1) is 0 Å². The summed E-state index contributed by atoms with van der Waals surface area (Å²) < 4.78 is 0. The van der Waals surface area contributed by atoms with Crippen LogP contribution in [-0.2, 0) is 4.79 Å². The number of carbonyl (C=O) groups is 1. The number of hydrogen-bond acceptors (Lipinski definition) is 2. The molecule has 0 saturated carbocycles. The van der Waals surface area contributed by atoms with Crippen LogP contribution in [0.15, 0.2) is 41.0 Å². The third-order valence-corrected chi connectivity index (χ3v) is 6.90. The predicted octanol–water partition coefficient (Wildman–Crippen LogP) is 10.4. The molecule has 204 valence electrons. The van der Waals surface area contributed by atoms with E-state index in [-0.39, 0.29) is 5.91 Å². The van der Waals surface area contributed by atoms with Crippen LogP contribution in [0.25, 0.3) is 6.08 Å². The first kappa shape index (κ1) is 32.1. The van der Waals surface area contributed by atoms with E-state index in [0.29, 0.717) is 6.42 Å². The van der Waals surface area contributed by atoms with Crippen LogP contribution in [0.4, 0.5) is 0 Å². The maximum atomic E-state index is 12.2. The number of carbonyl (C=O) groups excluding carboxylic acids is 1. The Hall–Kier alpha value is -1.90. The molecule has 3 nitrogen and oxygen atoms in total. The summed E-state index contributed by atoms with van der Waals surface area (Å²) in [4.78, 5) is 12.2. The van der Waals surface area contributed by atoms with Crippen LogP contribution < -0.4 is 5.43 Å². The van der Waals surface area contributed by atoms with E-state index < -0.39 is 0 Å². The predicted molar refractivity (Wildman–Crippen MR) is 159 cm³/mol. The average molecular weight is 497 g/mol. The third kappa shape index (κ3) is 20.3. The standard InChI is InChI=1S/C33H56N2O/c1-3-5-7-9-10-11-12-13-14-15-16-17-18-19-24-28-33(36)35-34-30-32(27-21-8-6-4-2)29-31-25-22-20-23-26-31/h20,22-23,25-26,29-30H,3-19,21,24,27-28H2,1-2H3,(H,35,36)/b32-29-,34-30-. The molecule has 0 atom stereocenters. The van der Waals surface area contributed by atoms with Crippen molar-refractivity contribution in [3.63, 3.8) is 0 Å². The van der Waals surface area contributed by atoms with Crippen LogP contribution in [0.1, 0.15) is 154 Å². The summed E-state index contributed by atoms with van der Waals surface area (Å²) >= 11 is 0. The van der Waals surface area contributed by atoms with Gasteiger partial charge in [0.05, 0.1) is 6.21 Å². The van der Waals surface area contributed by atoms with Gasteiger partial charge in [0, 0.05) is 6.42 Å². The first-order valence-corrected chi connectivity index (χ1v) is 15.3. The van der Waals surface area contributed by atoms with E-state index >= 15 is 0 Å². The molecule has 36 heavy (non-hydrogen) atoms. The van der Waals surface area contributed by atoms with Crippen molar-refractivity contribution in [2.45, 2.75) is 149 Å². The average Bonchev–Trinajstić information content (AvgIpc) is 2.89. The number of nitrogens with zero attached hydrogens (tertiary/aromatic N) is 1. The molecule has 0 spiro atoms. The van der Waals surface area contributed by atoms with Gasteiger partial charge in [-0.05, 0) is 30.4 Å². The number of nitrogens with one attached hydrogen (secondary N) is 1. The summed E-state index contributed by atoms with van der Waals surface area (Å²) in [6, 6.07) is 10.3. The highest BCUT2D eigenvalue weighted by Gasteiger charge is 2.01. The molecular weight excluding hydrogens is 440 g/mol. The van der Waals surface area contributed by atoms with Crippen LogP contribution in [0.3, 0.4) is 0 Å². The summed E-state index contributed by atoms with van der Waals surface area (Å²) in [5, 5.41) is 4.26. The Morgan fingerprint density at radius 3 is 1.61 bits per heavy atom. The summed E-state index contributed by atoms with van der Waals surface area (Å²) in [5.74, 6) is 0.0333. The van der Waals surface area contributed by atoms with Gasteiger partial charge >= 0.3 is 0 Å². The van der Waals surface area contributed by atoms with Crippen molar-refractivity contribution in [3.05, 3.63) is 41.5 Å². The SMILES string of the molecule is CCCCCCCCCCCCCCCCCC(=O)N/N=C\C(=C/c1ccccc1)CCCCCC. The van der Waals surface area contributed by atoms with Crippen molar-refractivity contribution >= 4 is 18.2 Å². The fourth-order valence-corrected chi connectivity index (χ4v) is 4.59. The number of rotatable bonds is 24. The third-order valence-electron chi connectivity index (χ3n) is 6.90. The molecular formula is C33H56N2O. The van der Waals surface area contributed by atoms with E-state index in [1.807, 2.05) is 12.3 Å². The Morgan fingerprint density at radius 1 is 0.639 bits per heavy atom. The fourth-order valence-electron chi connectivity index (χ4n) is 4.59. The minimum Gasteiger partial charge on any atom is -0.273 e. The molecule has 0 fully saturated rings. The van der Waals surface area contributed by atoms with Gasteiger partial charge in [0.2, 0.25) is 5.91 Å². The second kappa shape index (κ2) is 24.8. The van der Waals surface area contributed by atoms with Crippen molar-refractivity contribution in [1.29, 1.82) is 0 Å². The molecule has 1 aromatic rings. The minimum absolute atomic E-state index is 0.0333. The highest BCUT2D eigenvalue weighted by Crippen LogP contribution is 2.15. The maximum absolute atomic E-state index is 12.2. The van der Waals surface area contributed by atoms with E-state index in [0.717, 1.165) is 25.7 Å². The molecule has 0 saturated heterocycles. The highest BCUT2D eigenvalue weighted by atomic mass is 16.2. The number of benzene rings is 1. The molecule has 1 aromatic carbocycles. The quantitative estimate of drug-likeness (QED) is 0.0863. The van der Waals surface area contributed by atoms with E-state index in [2.05, 4.69) is 54.7 Å². The molecule has 0 radical (unpaired) electrons. The Balaban J connectivity index is 2.08. The van der Waals surface area contributed by atoms with Gasteiger partial charge in [-0.25, -0.2) is 5.43 Å². The van der Waals surface area contributed by atoms with E-state index in [1.165, 1.54) is 114 Å². The van der Waals surface area contributed by atoms with Gasteiger partial charge in [-0.1, -0.05) is 159 Å². The molecule has 0 aromatic heterocycles. The minimum atomic E-state index is 0.0333. The number of unbranched alkanes of at least 4 members (excludes halogenated alkanes) is 17. The normalized spacial score (nSPS) is 11.9. The van der Waals surface area contributed by atoms with Crippen molar-refractivity contribution in [2.24, 2.45) is 5.10 Å². The first-order chi connectivity index (χ1) is 17.8. The lowest BCUT2D eigenvalue weighted by Crippen LogP contribution is -2.17. The van der Waals surface area contributed by atoms with Gasteiger partial charge in [-0.2, -0.15) is 5.10 Å². The Morgan fingerprint density at radius 2 is 1.08 bits per heavy atom. The maximum Gasteiger partial charge on any atom is 0.240 e. The van der Waals surface area contributed by atoms with Crippen LogP contribution in [0.2, 0.25) is 0 Å². The van der Waals surface area contributed by atoms with E-state index in [1.54, 1.807) is 0 Å².